The van der Waals surface area contributed by atoms with E-state index >= 15 is 0 Å². The van der Waals surface area contributed by atoms with E-state index in [1.165, 1.54) is 24.0 Å². The highest BCUT2D eigenvalue weighted by Gasteiger charge is 2.52. The molecule has 0 bridgehead atoms. The minimum Gasteiger partial charge on any atom is -0.323 e. The van der Waals surface area contributed by atoms with E-state index in [1.807, 2.05) is 0 Å². The van der Waals surface area contributed by atoms with E-state index in [0.717, 1.165) is 13.0 Å². The molecular weight excluding hydrogens is 265 g/mol. The van der Waals surface area contributed by atoms with Gasteiger partial charge in [0.1, 0.15) is 0 Å². The third-order valence-electron chi connectivity index (χ3n) is 4.09. The third kappa shape index (κ3) is 2.20. The standard InChI is InChI=1S/C14H19ClNOP/c1-11-5-7-12(8-6-11)10-14(2)13-4-3-9-16(13)18(15)17-14/h5-8,13H,3-4,9-10H2,1-2H3/t13-,14+,18?/m0/s1. The summed E-state index contributed by atoms with van der Waals surface area (Å²) in [4.78, 5) is 0. The number of nitrogens with zero attached hydrogens (tertiary/aromatic N) is 1. The summed E-state index contributed by atoms with van der Waals surface area (Å²) in [6, 6.07) is 9.26. The van der Waals surface area contributed by atoms with Gasteiger partial charge in [-0.25, -0.2) is 4.67 Å². The molecule has 0 saturated carbocycles. The summed E-state index contributed by atoms with van der Waals surface area (Å²) < 4.78 is 8.47. The van der Waals surface area contributed by atoms with Crippen molar-refractivity contribution < 1.29 is 4.52 Å². The van der Waals surface area contributed by atoms with Crippen molar-refractivity contribution in [2.24, 2.45) is 0 Å². The Morgan fingerprint density at radius 1 is 1.44 bits per heavy atom. The zero-order valence-corrected chi connectivity index (χ0v) is 12.5. The molecule has 98 valence electrons. The SMILES string of the molecule is Cc1ccc(C[C@@]2(C)OP(Cl)N3CCC[C@H]32)cc1. The minimum absolute atomic E-state index is 0.112. The number of rotatable bonds is 2. The third-order valence-corrected chi connectivity index (χ3v) is 6.33. The van der Waals surface area contributed by atoms with Crippen LogP contribution >= 0.6 is 18.9 Å². The lowest BCUT2D eigenvalue weighted by atomic mass is 9.88. The summed E-state index contributed by atoms with van der Waals surface area (Å²) in [6.07, 6.45) is 3.43. The highest BCUT2D eigenvalue weighted by molar-refractivity contribution is 7.78. The number of halogens is 1. The first-order chi connectivity index (χ1) is 8.58. The number of hydrogen-bond acceptors (Lipinski definition) is 2. The van der Waals surface area contributed by atoms with Crippen molar-refractivity contribution in [3.63, 3.8) is 0 Å². The first kappa shape index (κ1) is 12.9. The number of benzene rings is 1. The zero-order chi connectivity index (χ0) is 12.8. The molecular formula is C14H19ClNOP. The Bertz CT molecular complexity index is 438. The largest absolute Gasteiger partial charge is 0.323 e. The molecule has 0 spiro atoms. The molecule has 18 heavy (non-hydrogen) atoms. The average Bonchev–Trinajstić information content (AvgIpc) is 2.88. The molecule has 2 nitrogen and oxygen atoms in total. The van der Waals surface area contributed by atoms with Crippen LogP contribution < -0.4 is 0 Å². The lowest BCUT2D eigenvalue weighted by molar-refractivity contribution is 0.0916. The maximum Gasteiger partial charge on any atom is 0.207 e. The van der Waals surface area contributed by atoms with Gasteiger partial charge in [0, 0.05) is 19.0 Å². The summed E-state index contributed by atoms with van der Waals surface area (Å²) in [5.41, 5.74) is 2.54. The summed E-state index contributed by atoms with van der Waals surface area (Å²) in [5.74, 6) is 0. The van der Waals surface area contributed by atoms with Gasteiger partial charge in [-0.05, 0) is 43.5 Å². The van der Waals surface area contributed by atoms with Crippen LogP contribution in [0.3, 0.4) is 0 Å². The normalized spacial score (nSPS) is 35.9. The van der Waals surface area contributed by atoms with Crippen molar-refractivity contribution in [3.8, 4) is 0 Å². The fourth-order valence-corrected chi connectivity index (χ4v) is 5.64. The molecule has 3 rings (SSSR count). The molecule has 2 aliphatic rings. The molecule has 4 heteroatoms. The summed E-state index contributed by atoms with van der Waals surface area (Å²) in [7, 11) is -0.890. The minimum atomic E-state index is -0.890. The van der Waals surface area contributed by atoms with Crippen LogP contribution in [0.4, 0.5) is 0 Å². The summed E-state index contributed by atoms with van der Waals surface area (Å²) >= 11 is 6.36. The average molecular weight is 284 g/mol. The van der Waals surface area contributed by atoms with Crippen LogP contribution in [0, 0.1) is 6.92 Å². The fourth-order valence-electron chi connectivity index (χ4n) is 3.11. The molecule has 2 saturated heterocycles. The van der Waals surface area contributed by atoms with Gasteiger partial charge >= 0.3 is 0 Å². The van der Waals surface area contributed by atoms with Crippen molar-refractivity contribution in [3.05, 3.63) is 35.4 Å². The predicted molar refractivity (Wildman–Crippen MR) is 76.9 cm³/mol. The van der Waals surface area contributed by atoms with Crippen molar-refractivity contribution >= 4 is 18.9 Å². The molecule has 0 aliphatic carbocycles. The van der Waals surface area contributed by atoms with Crippen LogP contribution in [0.5, 0.6) is 0 Å². The van der Waals surface area contributed by atoms with Crippen molar-refractivity contribution in [1.29, 1.82) is 0 Å². The van der Waals surface area contributed by atoms with Gasteiger partial charge in [-0.15, -0.1) is 0 Å². The van der Waals surface area contributed by atoms with E-state index in [4.69, 9.17) is 15.8 Å². The maximum absolute atomic E-state index is 6.36. The van der Waals surface area contributed by atoms with E-state index in [-0.39, 0.29) is 5.60 Å². The highest BCUT2D eigenvalue weighted by atomic mass is 35.7. The number of aryl methyl sites for hydroxylation is 1. The van der Waals surface area contributed by atoms with Gasteiger partial charge in [0.25, 0.3) is 0 Å². The summed E-state index contributed by atoms with van der Waals surface area (Å²) in [5, 5.41) is 0. The predicted octanol–water partition coefficient (Wildman–Crippen LogP) is 4.26. The molecule has 2 heterocycles. The zero-order valence-electron chi connectivity index (χ0n) is 10.9. The maximum atomic E-state index is 6.36. The molecule has 0 radical (unpaired) electrons. The second kappa shape index (κ2) is 4.76. The van der Waals surface area contributed by atoms with Crippen LogP contribution in [0.25, 0.3) is 0 Å². The smallest absolute Gasteiger partial charge is 0.207 e. The van der Waals surface area contributed by atoms with E-state index in [9.17, 15) is 0 Å². The van der Waals surface area contributed by atoms with Crippen LogP contribution in [-0.2, 0) is 10.9 Å². The Kier molecular flexibility index (Phi) is 3.40. The van der Waals surface area contributed by atoms with Crippen LogP contribution in [-0.4, -0.2) is 22.9 Å². The fraction of sp³-hybridized carbons (Fsp3) is 0.571. The second-order valence-electron chi connectivity index (χ2n) is 5.61. The van der Waals surface area contributed by atoms with Crippen molar-refractivity contribution in [1.82, 2.24) is 4.67 Å². The number of fused-ring (bicyclic) bond motifs is 1. The van der Waals surface area contributed by atoms with Crippen LogP contribution in [0.15, 0.2) is 24.3 Å². The quantitative estimate of drug-likeness (QED) is 0.752. The van der Waals surface area contributed by atoms with E-state index < -0.39 is 7.65 Å². The molecule has 0 aromatic heterocycles. The van der Waals surface area contributed by atoms with E-state index in [0.29, 0.717) is 6.04 Å². The molecule has 0 N–H and O–H groups in total. The number of hydrogen-bond donors (Lipinski definition) is 0. The Balaban J connectivity index is 1.80. The van der Waals surface area contributed by atoms with E-state index in [2.05, 4.69) is 42.8 Å². The molecule has 1 aromatic carbocycles. The first-order valence-electron chi connectivity index (χ1n) is 6.56. The molecule has 1 unspecified atom stereocenters. The van der Waals surface area contributed by atoms with Crippen LogP contribution in [0.2, 0.25) is 0 Å². The van der Waals surface area contributed by atoms with Gasteiger partial charge in [-0.3, -0.25) is 0 Å². The van der Waals surface area contributed by atoms with Gasteiger partial charge in [0.05, 0.1) is 5.60 Å². The van der Waals surface area contributed by atoms with Crippen molar-refractivity contribution in [2.75, 3.05) is 6.54 Å². The molecule has 2 fully saturated rings. The van der Waals surface area contributed by atoms with E-state index in [1.54, 1.807) is 0 Å². The Hall–Kier alpha value is -0.140. The lowest BCUT2D eigenvalue weighted by Gasteiger charge is -2.28. The van der Waals surface area contributed by atoms with Gasteiger partial charge in [-0.2, -0.15) is 0 Å². The topological polar surface area (TPSA) is 12.5 Å². The Morgan fingerprint density at radius 3 is 2.89 bits per heavy atom. The van der Waals surface area contributed by atoms with Gasteiger partial charge in [-0.1, -0.05) is 29.8 Å². The molecule has 1 aromatic rings. The second-order valence-corrected chi connectivity index (χ2v) is 7.63. The molecule has 3 atom stereocenters. The monoisotopic (exact) mass is 283 g/mol. The highest BCUT2D eigenvalue weighted by Crippen LogP contribution is 2.62. The Morgan fingerprint density at radius 2 is 2.17 bits per heavy atom. The molecule has 2 aliphatic heterocycles. The van der Waals surface area contributed by atoms with Crippen LogP contribution in [0.1, 0.15) is 30.9 Å². The molecule has 0 amide bonds. The van der Waals surface area contributed by atoms with Gasteiger partial charge in [0.2, 0.25) is 7.65 Å². The lowest BCUT2D eigenvalue weighted by Crippen LogP contribution is -2.41. The van der Waals surface area contributed by atoms with Gasteiger partial charge in [0.15, 0.2) is 0 Å². The first-order valence-corrected chi connectivity index (χ1v) is 8.67. The summed E-state index contributed by atoms with van der Waals surface area (Å²) in [6.45, 7) is 5.44. The Labute approximate surface area is 115 Å². The van der Waals surface area contributed by atoms with Crippen molar-refractivity contribution in [2.45, 2.75) is 44.8 Å². The van der Waals surface area contributed by atoms with Gasteiger partial charge < -0.3 is 4.52 Å².